The van der Waals surface area contributed by atoms with Gasteiger partial charge in [0.25, 0.3) is 16.0 Å². The van der Waals surface area contributed by atoms with E-state index in [-0.39, 0.29) is 30.9 Å². The van der Waals surface area contributed by atoms with E-state index in [0.29, 0.717) is 17.8 Å². The smallest absolute Gasteiger partial charge is 0.276 e. The molecule has 0 saturated heterocycles. The van der Waals surface area contributed by atoms with Gasteiger partial charge in [0.15, 0.2) is 5.78 Å². The summed E-state index contributed by atoms with van der Waals surface area (Å²) in [5.74, 6) is -0.997. The van der Waals surface area contributed by atoms with Crippen molar-refractivity contribution in [2.24, 2.45) is 5.41 Å². The highest BCUT2D eigenvalue weighted by atomic mass is 32.2. The molecule has 0 heterocycles. The molecule has 3 N–H and O–H groups in total. The van der Waals surface area contributed by atoms with Crippen LogP contribution in [-0.4, -0.2) is 41.4 Å². The molecule has 0 aliphatic rings. The molecule has 2 rings (SSSR count). The SMILES string of the molecule is CCCCCCCCCCCCCCCC(=O)Nc1ccc(OC(CCCC(C)S(=O)(=O)O)(C(=O)Nc2ccccc2)C(=O)C(C)(C)C)cc1. The number of hydrogen-bond donors (Lipinski definition) is 3. The van der Waals surface area contributed by atoms with Gasteiger partial charge in [-0.05, 0) is 62.6 Å². The van der Waals surface area contributed by atoms with Gasteiger partial charge < -0.3 is 15.4 Å². The lowest BCUT2D eigenvalue weighted by Gasteiger charge is -2.36. The number of unbranched alkanes of at least 4 members (excludes halogenated alkanes) is 12. The molecule has 0 fully saturated rings. The van der Waals surface area contributed by atoms with Gasteiger partial charge >= 0.3 is 0 Å². The van der Waals surface area contributed by atoms with Crippen LogP contribution in [0.3, 0.4) is 0 Å². The van der Waals surface area contributed by atoms with Crippen molar-refractivity contribution in [3.63, 3.8) is 0 Å². The fraction of sp³-hybridized carbons (Fsp3) is 0.625. The zero-order valence-electron chi connectivity index (χ0n) is 31.1. The highest BCUT2D eigenvalue weighted by Crippen LogP contribution is 2.34. The summed E-state index contributed by atoms with van der Waals surface area (Å²) in [7, 11) is -4.29. The molecule has 2 amide bonds. The van der Waals surface area contributed by atoms with E-state index in [9.17, 15) is 27.4 Å². The Hall–Kier alpha value is -3.24. The van der Waals surface area contributed by atoms with E-state index in [1.807, 2.05) is 0 Å². The number of hydrogen-bond acceptors (Lipinski definition) is 6. The Labute approximate surface area is 301 Å². The van der Waals surface area contributed by atoms with Crippen LogP contribution in [-0.2, 0) is 24.5 Å². The number of nitrogens with one attached hydrogen (secondary N) is 2. The zero-order valence-corrected chi connectivity index (χ0v) is 31.9. The Morgan fingerprint density at radius 1 is 0.720 bits per heavy atom. The fourth-order valence-corrected chi connectivity index (χ4v) is 6.42. The lowest BCUT2D eigenvalue weighted by Crippen LogP contribution is -2.58. The Bertz CT molecular complexity index is 1410. The molecule has 0 aliphatic heterocycles. The van der Waals surface area contributed by atoms with Crippen molar-refractivity contribution in [2.45, 2.75) is 155 Å². The van der Waals surface area contributed by atoms with E-state index < -0.39 is 38.1 Å². The van der Waals surface area contributed by atoms with Crippen LogP contribution < -0.4 is 15.4 Å². The molecule has 10 heteroatoms. The number of ketones is 1. The Morgan fingerprint density at radius 3 is 1.72 bits per heavy atom. The Kier molecular flexibility index (Phi) is 18.8. The predicted molar refractivity (Wildman–Crippen MR) is 203 cm³/mol. The van der Waals surface area contributed by atoms with Gasteiger partial charge in [-0.15, -0.1) is 0 Å². The summed E-state index contributed by atoms with van der Waals surface area (Å²) in [4.78, 5) is 40.7. The summed E-state index contributed by atoms with van der Waals surface area (Å²) in [6.45, 7) is 8.70. The van der Waals surface area contributed by atoms with Crippen LogP contribution in [0.15, 0.2) is 54.6 Å². The standard InChI is InChI=1S/C40H62N2O7S/c1-6-7-8-9-10-11-12-13-14-15-16-17-21-26-36(43)41-34-27-29-35(30-28-34)49-40(37(44)39(3,4)5,31-22-23-32(2)50(46,47)48)38(45)42-33-24-19-18-20-25-33/h18-20,24-25,27-30,32H,6-17,21-23,26,31H2,1-5H3,(H,41,43)(H,42,45)(H,46,47,48). The number of carbonyl (C=O) groups is 3. The monoisotopic (exact) mass is 714 g/mol. The third kappa shape index (κ3) is 15.8. The molecule has 2 aromatic carbocycles. The molecule has 50 heavy (non-hydrogen) atoms. The number of amides is 2. The summed E-state index contributed by atoms with van der Waals surface area (Å²) < 4.78 is 39.1. The number of rotatable bonds is 25. The number of Topliss-reactive ketones (excluding diaryl/α,β-unsaturated/α-hetero) is 1. The van der Waals surface area contributed by atoms with Gasteiger partial charge in [0.1, 0.15) is 5.75 Å². The fourth-order valence-electron chi connectivity index (χ4n) is 5.95. The topological polar surface area (TPSA) is 139 Å². The van der Waals surface area contributed by atoms with Gasteiger partial charge in [-0.3, -0.25) is 18.9 Å². The van der Waals surface area contributed by atoms with Crippen molar-refractivity contribution in [3.05, 3.63) is 54.6 Å². The van der Waals surface area contributed by atoms with Gasteiger partial charge in [-0.25, -0.2) is 0 Å². The molecule has 0 bridgehead atoms. The molecule has 9 nitrogen and oxygen atoms in total. The number of ether oxygens (including phenoxy) is 1. The molecule has 0 radical (unpaired) electrons. The van der Waals surface area contributed by atoms with Crippen molar-refractivity contribution in [1.82, 2.24) is 0 Å². The van der Waals surface area contributed by atoms with Crippen molar-refractivity contribution in [3.8, 4) is 5.75 Å². The molecule has 2 aromatic rings. The Balaban J connectivity index is 2.00. The summed E-state index contributed by atoms with van der Waals surface area (Å²) in [5.41, 5.74) is -1.96. The summed E-state index contributed by atoms with van der Waals surface area (Å²) in [6.07, 6.45) is 16.6. The molecule has 280 valence electrons. The molecule has 2 unspecified atom stereocenters. The third-order valence-electron chi connectivity index (χ3n) is 9.03. The van der Waals surface area contributed by atoms with E-state index in [0.717, 1.165) is 19.3 Å². The van der Waals surface area contributed by atoms with Crippen LogP contribution >= 0.6 is 0 Å². The largest absolute Gasteiger partial charge is 0.469 e. The van der Waals surface area contributed by atoms with E-state index in [2.05, 4.69) is 17.6 Å². The second-order valence-electron chi connectivity index (χ2n) is 14.6. The molecule has 0 aromatic heterocycles. The maximum absolute atomic E-state index is 14.1. The lowest BCUT2D eigenvalue weighted by atomic mass is 9.76. The first kappa shape index (κ1) is 42.9. The van der Waals surface area contributed by atoms with E-state index in [4.69, 9.17) is 4.74 Å². The molecule has 0 spiro atoms. The maximum atomic E-state index is 14.1. The quantitative estimate of drug-likeness (QED) is 0.0529. The molecular formula is C40H62N2O7S. The molecule has 0 aliphatic carbocycles. The Morgan fingerprint density at radius 2 is 1.22 bits per heavy atom. The summed E-state index contributed by atoms with van der Waals surface area (Å²) >= 11 is 0. The van der Waals surface area contributed by atoms with E-state index in [1.54, 1.807) is 75.4 Å². The molecular weight excluding hydrogens is 653 g/mol. The van der Waals surface area contributed by atoms with Crippen LogP contribution in [0, 0.1) is 5.41 Å². The second-order valence-corrected chi connectivity index (χ2v) is 16.4. The van der Waals surface area contributed by atoms with Crippen LogP contribution in [0.25, 0.3) is 0 Å². The van der Waals surface area contributed by atoms with Crippen molar-refractivity contribution >= 4 is 39.1 Å². The first-order chi connectivity index (χ1) is 23.7. The van der Waals surface area contributed by atoms with Gasteiger partial charge in [0, 0.05) is 29.6 Å². The number of para-hydroxylation sites is 1. The summed E-state index contributed by atoms with van der Waals surface area (Å²) in [5, 5.41) is 4.64. The second kappa shape index (κ2) is 21.9. The first-order valence-electron chi connectivity index (χ1n) is 18.7. The van der Waals surface area contributed by atoms with Crippen molar-refractivity contribution in [1.29, 1.82) is 0 Å². The maximum Gasteiger partial charge on any atom is 0.276 e. The van der Waals surface area contributed by atoms with Gasteiger partial charge in [0.05, 0.1) is 5.25 Å². The highest BCUT2D eigenvalue weighted by molar-refractivity contribution is 7.86. The van der Waals surface area contributed by atoms with Crippen LogP contribution in [0.4, 0.5) is 11.4 Å². The summed E-state index contributed by atoms with van der Waals surface area (Å²) in [6, 6.07) is 15.2. The van der Waals surface area contributed by atoms with Gasteiger partial charge in [0.2, 0.25) is 11.5 Å². The van der Waals surface area contributed by atoms with E-state index in [1.165, 1.54) is 71.1 Å². The normalized spacial score (nSPS) is 13.6. The minimum absolute atomic E-state index is 0.0181. The van der Waals surface area contributed by atoms with Crippen LogP contribution in [0.2, 0.25) is 0 Å². The van der Waals surface area contributed by atoms with Crippen molar-refractivity contribution in [2.75, 3.05) is 10.6 Å². The predicted octanol–water partition coefficient (Wildman–Crippen LogP) is 9.92. The number of carbonyl (C=O) groups excluding carboxylic acids is 3. The highest BCUT2D eigenvalue weighted by Gasteiger charge is 2.52. The van der Waals surface area contributed by atoms with Crippen LogP contribution in [0.5, 0.6) is 5.75 Å². The lowest BCUT2D eigenvalue weighted by molar-refractivity contribution is -0.152. The molecule has 2 atom stereocenters. The third-order valence-corrected chi connectivity index (χ3v) is 10.3. The number of benzene rings is 2. The molecule has 0 saturated carbocycles. The average Bonchev–Trinajstić information content (AvgIpc) is 3.06. The number of anilines is 2. The average molecular weight is 715 g/mol. The van der Waals surface area contributed by atoms with E-state index >= 15 is 0 Å². The van der Waals surface area contributed by atoms with Crippen LogP contribution in [0.1, 0.15) is 144 Å². The minimum Gasteiger partial charge on any atom is -0.469 e. The minimum atomic E-state index is -4.29. The van der Waals surface area contributed by atoms with Gasteiger partial charge in [-0.2, -0.15) is 8.42 Å². The van der Waals surface area contributed by atoms with Gasteiger partial charge in [-0.1, -0.05) is 123 Å². The zero-order chi connectivity index (χ0) is 37.0. The first-order valence-corrected chi connectivity index (χ1v) is 20.2. The van der Waals surface area contributed by atoms with Crippen molar-refractivity contribution < 1.29 is 32.1 Å².